The van der Waals surface area contributed by atoms with E-state index in [-0.39, 0.29) is 21.4 Å². The summed E-state index contributed by atoms with van der Waals surface area (Å²) in [7, 11) is 1.24. The smallest absolute Gasteiger partial charge is 0.466 e. The van der Waals surface area contributed by atoms with Crippen LogP contribution >= 0.6 is 23.2 Å². The van der Waals surface area contributed by atoms with Crippen LogP contribution in [0.5, 0.6) is 0 Å². The van der Waals surface area contributed by atoms with E-state index in [1.54, 1.807) is 32.0 Å². The van der Waals surface area contributed by atoms with E-state index in [0.717, 1.165) is 0 Å². The predicted molar refractivity (Wildman–Crippen MR) is 88.9 cm³/mol. The highest BCUT2D eigenvalue weighted by atomic mass is 35.5. The summed E-state index contributed by atoms with van der Waals surface area (Å²) in [6.07, 6.45) is -1.50. The van der Waals surface area contributed by atoms with Gasteiger partial charge in [0.2, 0.25) is 0 Å². The number of esters is 1. The van der Waals surface area contributed by atoms with E-state index in [2.05, 4.69) is 5.32 Å². The van der Waals surface area contributed by atoms with E-state index >= 15 is 0 Å². The number of halogens is 2. The third-order valence-electron chi connectivity index (χ3n) is 3.59. The minimum absolute atomic E-state index is 0.0395. The lowest BCUT2D eigenvalue weighted by atomic mass is 9.85. The first-order chi connectivity index (χ1) is 11.3. The highest BCUT2D eigenvalue weighted by molar-refractivity contribution is 6.42. The average Bonchev–Trinajstić information content (AvgIpc) is 2.51. The number of carbonyl (C=O) groups excluding carboxylic acids is 1. The molecule has 1 atom stereocenters. The van der Waals surface area contributed by atoms with Gasteiger partial charge in [0.1, 0.15) is 5.76 Å². The Balaban J connectivity index is 2.72. The zero-order chi connectivity index (χ0) is 18.0. The molecule has 1 unspecified atom stereocenters. The first-order valence-corrected chi connectivity index (χ1v) is 7.65. The average molecular weight is 372 g/mol. The fourth-order valence-corrected chi connectivity index (χ4v) is 3.04. The molecular formula is C16H15Cl2NO5. The molecule has 0 spiro atoms. The Morgan fingerprint density at radius 3 is 2.46 bits per heavy atom. The summed E-state index contributed by atoms with van der Waals surface area (Å²) in [5.41, 5.74) is 1.60. The Morgan fingerprint density at radius 2 is 1.88 bits per heavy atom. The van der Waals surface area contributed by atoms with Gasteiger partial charge in [-0.1, -0.05) is 35.3 Å². The molecule has 0 aliphatic carbocycles. The van der Waals surface area contributed by atoms with Gasteiger partial charge in [-0.25, -0.2) is 9.59 Å². The molecule has 6 nitrogen and oxygen atoms in total. The second kappa shape index (κ2) is 7.15. The summed E-state index contributed by atoms with van der Waals surface area (Å²) >= 11 is 12.4. The molecule has 24 heavy (non-hydrogen) atoms. The van der Waals surface area contributed by atoms with Crippen LogP contribution in [-0.4, -0.2) is 24.3 Å². The van der Waals surface area contributed by atoms with Gasteiger partial charge in [-0.3, -0.25) is 0 Å². The number of carbonyl (C=O) groups is 2. The molecule has 1 aromatic rings. The number of ether oxygens (including phenoxy) is 2. The van der Waals surface area contributed by atoms with Gasteiger partial charge < -0.3 is 19.9 Å². The maximum atomic E-state index is 12.3. The molecule has 0 fully saturated rings. The van der Waals surface area contributed by atoms with Gasteiger partial charge in [0, 0.05) is 5.70 Å². The second-order valence-corrected chi connectivity index (χ2v) is 5.87. The Kier molecular flexibility index (Phi) is 5.41. The van der Waals surface area contributed by atoms with Crippen LogP contribution in [0.15, 0.2) is 40.9 Å². The summed E-state index contributed by atoms with van der Waals surface area (Å²) in [5, 5.41) is 12.5. The first kappa shape index (κ1) is 18.2. The maximum Gasteiger partial charge on any atom is 0.511 e. The summed E-state index contributed by atoms with van der Waals surface area (Å²) in [6, 6.07) is 4.90. The first-order valence-electron chi connectivity index (χ1n) is 6.89. The molecule has 0 bridgehead atoms. The molecule has 128 valence electrons. The number of benzene rings is 1. The van der Waals surface area contributed by atoms with Crippen molar-refractivity contribution in [1.29, 1.82) is 0 Å². The molecule has 0 saturated heterocycles. The lowest BCUT2D eigenvalue weighted by molar-refractivity contribution is -0.136. The fraction of sp³-hybridized carbons (Fsp3) is 0.250. The lowest BCUT2D eigenvalue weighted by Crippen LogP contribution is -2.30. The molecule has 2 N–H and O–H groups in total. The van der Waals surface area contributed by atoms with Crippen LogP contribution in [0.2, 0.25) is 10.0 Å². The van der Waals surface area contributed by atoms with Gasteiger partial charge in [0.25, 0.3) is 0 Å². The van der Waals surface area contributed by atoms with E-state index in [9.17, 15) is 9.59 Å². The molecule has 8 heteroatoms. The van der Waals surface area contributed by atoms with E-state index in [1.807, 2.05) is 0 Å². The van der Waals surface area contributed by atoms with Crippen LogP contribution in [0, 0.1) is 0 Å². The number of allylic oxidation sites excluding steroid dienone is 3. The zero-order valence-corrected chi connectivity index (χ0v) is 14.7. The molecule has 0 amide bonds. The van der Waals surface area contributed by atoms with Gasteiger partial charge >= 0.3 is 12.1 Å². The van der Waals surface area contributed by atoms with Crippen LogP contribution in [0.4, 0.5) is 4.79 Å². The molecule has 0 radical (unpaired) electrons. The number of nitrogens with one attached hydrogen (secondary N) is 1. The number of hydrogen-bond donors (Lipinski definition) is 2. The van der Waals surface area contributed by atoms with Crippen LogP contribution in [-0.2, 0) is 14.3 Å². The lowest BCUT2D eigenvalue weighted by Gasteiger charge is -2.30. The summed E-state index contributed by atoms with van der Waals surface area (Å²) in [5.74, 6) is -1.45. The largest absolute Gasteiger partial charge is 0.511 e. The SMILES string of the molecule is COC(=O)C1=C(C)NC(C)=C(OC(=O)O)C1c1cccc(Cl)c1Cl. The number of rotatable bonds is 3. The van der Waals surface area contributed by atoms with Crippen molar-refractivity contribution >= 4 is 35.3 Å². The Morgan fingerprint density at radius 1 is 1.21 bits per heavy atom. The van der Waals surface area contributed by atoms with Crippen LogP contribution in [0.1, 0.15) is 25.3 Å². The number of carboxylic acid groups (broad SMARTS) is 1. The van der Waals surface area contributed by atoms with Crippen molar-refractivity contribution < 1.29 is 24.2 Å². The van der Waals surface area contributed by atoms with E-state index < -0.39 is 18.0 Å². The van der Waals surface area contributed by atoms with Crippen molar-refractivity contribution in [2.75, 3.05) is 7.11 Å². The zero-order valence-electron chi connectivity index (χ0n) is 13.1. The number of methoxy groups -OCH3 is 1. The number of hydrogen-bond acceptors (Lipinski definition) is 5. The van der Waals surface area contributed by atoms with Gasteiger partial charge in [-0.2, -0.15) is 0 Å². The van der Waals surface area contributed by atoms with E-state index in [1.165, 1.54) is 7.11 Å². The normalized spacial score (nSPS) is 17.5. The molecule has 1 aliphatic heterocycles. The minimum atomic E-state index is -1.50. The Labute approximate surface area is 148 Å². The van der Waals surface area contributed by atoms with Gasteiger partial charge in [0.15, 0.2) is 0 Å². The van der Waals surface area contributed by atoms with E-state index in [0.29, 0.717) is 17.0 Å². The van der Waals surface area contributed by atoms with Crippen molar-refractivity contribution in [2.45, 2.75) is 19.8 Å². The highest BCUT2D eigenvalue weighted by Crippen LogP contribution is 2.43. The molecule has 1 aliphatic rings. The number of dihydropyridines is 1. The van der Waals surface area contributed by atoms with Crippen molar-refractivity contribution in [3.8, 4) is 0 Å². The van der Waals surface area contributed by atoms with Crippen LogP contribution in [0.25, 0.3) is 0 Å². The molecule has 1 aromatic carbocycles. The topological polar surface area (TPSA) is 84.9 Å². The van der Waals surface area contributed by atoms with Gasteiger partial charge in [-0.05, 0) is 25.5 Å². The Hall–Kier alpha value is -2.18. The summed E-state index contributed by atoms with van der Waals surface area (Å²) < 4.78 is 9.76. The highest BCUT2D eigenvalue weighted by Gasteiger charge is 2.37. The van der Waals surface area contributed by atoms with Crippen LogP contribution in [0.3, 0.4) is 0 Å². The standard InChI is InChI=1S/C16H15Cl2NO5/c1-7-11(15(20)23-3)12(9-5-4-6-10(17)13(9)18)14(8(2)19-7)24-16(21)22/h4-6,12,19H,1-3H3,(H,21,22). The third kappa shape index (κ3) is 3.34. The fourth-order valence-electron chi connectivity index (χ4n) is 2.62. The summed E-state index contributed by atoms with van der Waals surface area (Å²) in [4.78, 5) is 23.4. The predicted octanol–water partition coefficient (Wildman–Crippen LogP) is 4.05. The van der Waals surface area contributed by atoms with Gasteiger partial charge in [0.05, 0.1) is 34.3 Å². The maximum absolute atomic E-state index is 12.3. The molecule has 0 saturated carbocycles. The summed E-state index contributed by atoms with van der Waals surface area (Å²) in [6.45, 7) is 3.32. The molecule has 1 heterocycles. The third-order valence-corrected chi connectivity index (χ3v) is 4.43. The van der Waals surface area contributed by atoms with E-state index in [4.69, 9.17) is 37.8 Å². The molecule has 0 aromatic heterocycles. The Bertz CT molecular complexity index is 770. The van der Waals surface area contributed by atoms with Crippen molar-refractivity contribution in [3.05, 3.63) is 56.5 Å². The second-order valence-electron chi connectivity index (χ2n) is 5.09. The van der Waals surface area contributed by atoms with Crippen molar-refractivity contribution in [3.63, 3.8) is 0 Å². The van der Waals surface area contributed by atoms with Crippen molar-refractivity contribution in [1.82, 2.24) is 5.32 Å². The minimum Gasteiger partial charge on any atom is -0.466 e. The van der Waals surface area contributed by atoms with Crippen LogP contribution < -0.4 is 5.32 Å². The quantitative estimate of drug-likeness (QED) is 0.779. The molecule has 2 rings (SSSR count). The monoisotopic (exact) mass is 371 g/mol. The van der Waals surface area contributed by atoms with Gasteiger partial charge in [-0.15, -0.1) is 0 Å². The molecular weight excluding hydrogens is 357 g/mol. The van der Waals surface area contributed by atoms with Crippen molar-refractivity contribution in [2.24, 2.45) is 0 Å².